The molecule has 4 aromatic heterocycles. The van der Waals surface area contributed by atoms with Crippen LogP contribution in [0.15, 0.2) is 175 Å². The van der Waals surface area contributed by atoms with Gasteiger partial charge in [-0.3, -0.25) is 0 Å². The number of aromatic nitrogens is 6. The van der Waals surface area contributed by atoms with Gasteiger partial charge < -0.3 is 8.98 Å². The lowest BCUT2D eigenvalue weighted by atomic mass is 10.0. The van der Waals surface area contributed by atoms with E-state index in [0.717, 1.165) is 76.4 Å². The van der Waals surface area contributed by atoms with Crippen molar-refractivity contribution in [1.82, 2.24) is 29.5 Å². The molecule has 7 nitrogen and oxygen atoms in total. The Morgan fingerprint density at radius 1 is 0.436 bits per heavy atom. The van der Waals surface area contributed by atoms with Crippen LogP contribution < -0.4 is 0 Å². The first-order valence-corrected chi connectivity index (χ1v) is 18.8. The molecule has 0 amide bonds. The fourth-order valence-corrected chi connectivity index (χ4v) is 8.32. The summed E-state index contributed by atoms with van der Waals surface area (Å²) in [4.78, 5) is 24.3. The van der Waals surface area contributed by atoms with Gasteiger partial charge in [0.05, 0.1) is 21.3 Å². The molecule has 4 heterocycles. The van der Waals surface area contributed by atoms with Crippen LogP contribution in [0.2, 0.25) is 0 Å². The van der Waals surface area contributed by atoms with E-state index in [1.807, 2.05) is 66.7 Å². The number of rotatable bonds is 6. The molecule has 55 heavy (non-hydrogen) atoms. The molecule has 0 atom stereocenters. The van der Waals surface area contributed by atoms with Crippen molar-refractivity contribution in [3.05, 3.63) is 170 Å². The van der Waals surface area contributed by atoms with Crippen molar-refractivity contribution in [3.63, 3.8) is 0 Å². The molecular formula is C47H28N6OS. The third-order valence-corrected chi connectivity index (χ3v) is 11.1. The van der Waals surface area contributed by atoms with Crippen LogP contribution in [0.3, 0.4) is 0 Å². The molecule has 0 N–H and O–H groups in total. The Morgan fingerprint density at radius 2 is 1.09 bits per heavy atom. The summed E-state index contributed by atoms with van der Waals surface area (Å²) in [6, 6.07) is 56.5. The van der Waals surface area contributed by atoms with E-state index in [1.165, 1.54) is 17.2 Å². The fourth-order valence-electron chi connectivity index (χ4n) is 7.38. The molecule has 0 bridgehead atoms. The van der Waals surface area contributed by atoms with Crippen LogP contribution in [0.5, 0.6) is 0 Å². The zero-order valence-corrected chi connectivity index (χ0v) is 30.0. The average Bonchev–Trinajstić information content (AvgIpc) is 3.99. The number of oxazole rings is 1. The minimum atomic E-state index is 0.613. The van der Waals surface area contributed by atoms with Gasteiger partial charge in [0.25, 0.3) is 0 Å². The van der Waals surface area contributed by atoms with Gasteiger partial charge in [0.1, 0.15) is 10.5 Å². The Bertz CT molecular complexity index is 3160. The van der Waals surface area contributed by atoms with Crippen LogP contribution in [0.1, 0.15) is 0 Å². The maximum Gasteiger partial charge on any atom is 0.181 e. The van der Waals surface area contributed by atoms with Crippen molar-refractivity contribution in [1.29, 1.82) is 0 Å². The largest absolute Gasteiger partial charge is 0.443 e. The van der Waals surface area contributed by atoms with Crippen LogP contribution in [0.25, 0.3) is 105 Å². The van der Waals surface area contributed by atoms with Gasteiger partial charge in [-0.25, -0.2) is 24.9 Å². The van der Waals surface area contributed by atoms with E-state index in [-0.39, 0.29) is 0 Å². The molecule has 0 aliphatic heterocycles. The second-order valence-corrected chi connectivity index (χ2v) is 14.4. The van der Waals surface area contributed by atoms with E-state index in [9.17, 15) is 0 Å². The van der Waals surface area contributed by atoms with Gasteiger partial charge in [-0.2, -0.15) is 0 Å². The molecule has 11 rings (SSSR count). The number of hydrogen-bond donors (Lipinski definition) is 0. The topological polar surface area (TPSA) is 82.5 Å². The third-order valence-electron chi connectivity index (χ3n) is 10.0. The SMILES string of the molecule is c1ccc(-c2nc(-c3ccccc3)nc(-c3ccc4sc(-c5cccc(-c6ccc7c(c6)c6ccccc6n7-c6ccc7ocnc7c6)c5)nc4c3)n2)cc1. The molecule has 0 saturated carbocycles. The summed E-state index contributed by atoms with van der Waals surface area (Å²) in [5.41, 5.74) is 12.0. The second kappa shape index (κ2) is 12.7. The maximum absolute atomic E-state index is 5.52. The first-order chi connectivity index (χ1) is 27.2. The summed E-state index contributed by atoms with van der Waals surface area (Å²) in [6.07, 6.45) is 1.49. The predicted molar refractivity (Wildman–Crippen MR) is 222 cm³/mol. The van der Waals surface area contributed by atoms with Crippen molar-refractivity contribution in [2.45, 2.75) is 0 Å². The Balaban J connectivity index is 0.966. The van der Waals surface area contributed by atoms with Gasteiger partial charge >= 0.3 is 0 Å². The van der Waals surface area contributed by atoms with E-state index in [1.54, 1.807) is 11.3 Å². The Hall–Kier alpha value is -7.29. The molecule has 0 aliphatic rings. The van der Waals surface area contributed by atoms with Crippen LogP contribution >= 0.6 is 11.3 Å². The van der Waals surface area contributed by atoms with Crippen molar-refractivity contribution < 1.29 is 4.42 Å². The van der Waals surface area contributed by atoms with Gasteiger partial charge in [0.15, 0.2) is 29.4 Å². The molecule has 7 aromatic carbocycles. The molecule has 0 aliphatic carbocycles. The van der Waals surface area contributed by atoms with Crippen molar-refractivity contribution in [2.75, 3.05) is 0 Å². The van der Waals surface area contributed by atoms with Gasteiger partial charge in [0.2, 0.25) is 0 Å². The molecule has 0 unspecified atom stereocenters. The minimum absolute atomic E-state index is 0.613. The number of para-hydroxylation sites is 1. The molecule has 8 heteroatoms. The normalized spacial score (nSPS) is 11.6. The monoisotopic (exact) mass is 724 g/mol. The maximum atomic E-state index is 5.52. The highest BCUT2D eigenvalue weighted by molar-refractivity contribution is 7.21. The summed E-state index contributed by atoms with van der Waals surface area (Å²) in [6.45, 7) is 0. The zero-order valence-electron chi connectivity index (χ0n) is 29.2. The lowest BCUT2D eigenvalue weighted by molar-refractivity contribution is 0.602. The smallest absolute Gasteiger partial charge is 0.181 e. The average molecular weight is 725 g/mol. The van der Waals surface area contributed by atoms with Crippen molar-refractivity contribution >= 4 is 54.5 Å². The molecule has 0 radical (unpaired) electrons. The Kier molecular flexibility index (Phi) is 7.21. The first kappa shape index (κ1) is 31.3. The van der Waals surface area contributed by atoms with E-state index < -0.39 is 0 Å². The lowest BCUT2D eigenvalue weighted by Crippen LogP contribution is -2.00. The van der Waals surface area contributed by atoms with E-state index in [4.69, 9.17) is 24.4 Å². The van der Waals surface area contributed by atoms with Crippen LogP contribution in [-0.2, 0) is 0 Å². The Morgan fingerprint density at radius 3 is 1.89 bits per heavy atom. The van der Waals surface area contributed by atoms with E-state index in [0.29, 0.717) is 17.5 Å². The molecule has 11 aromatic rings. The van der Waals surface area contributed by atoms with Crippen LogP contribution in [0.4, 0.5) is 0 Å². The number of nitrogens with zero attached hydrogens (tertiary/aromatic N) is 6. The highest BCUT2D eigenvalue weighted by Gasteiger charge is 2.17. The number of fused-ring (bicyclic) bond motifs is 5. The number of benzene rings is 7. The zero-order chi connectivity index (χ0) is 36.3. The molecule has 0 fully saturated rings. The Labute approximate surface area is 318 Å². The molecule has 258 valence electrons. The predicted octanol–water partition coefficient (Wildman–Crippen LogP) is 12.1. The summed E-state index contributed by atoms with van der Waals surface area (Å²) in [7, 11) is 0. The second-order valence-electron chi connectivity index (χ2n) is 13.4. The van der Waals surface area contributed by atoms with E-state index in [2.05, 4.69) is 107 Å². The number of thiazole rings is 1. The van der Waals surface area contributed by atoms with Gasteiger partial charge in [0, 0.05) is 38.7 Å². The van der Waals surface area contributed by atoms with Crippen LogP contribution in [-0.4, -0.2) is 29.5 Å². The quantitative estimate of drug-likeness (QED) is 0.170. The summed E-state index contributed by atoms with van der Waals surface area (Å²) in [5.74, 6) is 1.88. The standard InChI is InChI=1S/C47H28N6OS/c1-3-10-29(11-4-1)44-50-45(30-12-5-2-6-13-30)52-46(51-44)33-19-23-43-39(26-33)49-47(55-43)34-15-9-14-31(24-34)32-18-21-41-37(25-32)36-16-7-8-17-40(36)53(41)35-20-22-42-38(27-35)48-28-54-42/h1-28H. The van der Waals surface area contributed by atoms with E-state index >= 15 is 0 Å². The van der Waals surface area contributed by atoms with Gasteiger partial charge in [-0.1, -0.05) is 103 Å². The lowest BCUT2D eigenvalue weighted by Gasteiger charge is -2.08. The van der Waals surface area contributed by atoms with Crippen molar-refractivity contribution in [2.24, 2.45) is 0 Å². The summed E-state index contributed by atoms with van der Waals surface area (Å²) < 4.78 is 8.92. The first-order valence-electron chi connectivity index (χ1n) is 18.0. The fraction of sp³-hybridized carbons (Fsp3) is 0. The van der Waals surface area contributed by atoms with Crippen LogP contribution in [0, 0.1) is 0 Å². The summed E-state index contributed by atoms with van der Waals surface area (Å²) >= 11 is 1.69. The molecule has 0 spiro atoms. The number of hydrogen-bond acceptors (Lipinski definition) is 7. The third kappa shape index (κ3) is 5.47. The van der Waals surface area contributed by atoms with Gasteiger partial charge in [-0.15, -0.1) is 11.3 Å². The summed E-state index contributed by atoms with van der Waals surface area (Å²) in [5, 5.41) is 3.35. The highest BCUT2D eigenvalue weighted by atomic mass is 32.1. The highest BCUT2D eigenvalue weighted by Crippen LogP contribution is 2.38. The van der Waals surface area contributed by atoms with Crippen molar-refractivity contribution in [3.8, 4) is 61.5 Å². The minimum Gasteiger partial charge on any atom is -0.443 e. The molecule has 0 saturated heterocycles. The molecular weight excluding hydrogens is 697 g/mol. The van der Waals surface area contributed by atoms with Gasteiger partial charge in [-0.05, 0) is 71.8 Å².